The molecule has 0 bridgehead atoms. The Labute approximate surface area is 219 Å². The van der Waals surface area contributed by atoms with Gasteiger partial charge in [0.25, 0.3) is 0 Å². The zero-order chi connectivity index (χ0) is 25.9. The van der Waals surface area contributed by atoms with Gasteiger partial charge in [0, 0.05) is 41.9 Å². The third kappa shape index (κ3) is 4.77. The van der Waals surface area contributed by atoms with Crippen LogP contribution in [0.3, 0.4) is 0 Å². The second-order valence-electron chi connectivity index (χ2n) is 8.56. The molecule has 2 aromatic carbocycles. The van der Waals surface area contributed by atoms with E-state index in [1.54, 1.807) is 32.4 Å². The quantitative estimate of drug-likeness (QED) is 0.315. The number of hydrogen-bond donors (Lipinski definition) is 2. The number of anilines is 2. The number of methoxy groups -OCH3 is 1. The fourth-order valence-electron chi connectivity index (χ4n) is 4.58. The van der Waals surface area contributed by atoms with Gasteiger partial charge in [-0.25, -0.2) is 4.39 Å². The Balaban J connectivity index is 1.62. The molecule has 1 fully saturated rings. The van der Waals surface area contributed by atoms with Crippen LogP contribution >= 0.6 is 12.2 Å². The van der Waals surface area contributed by atoms with E-state index in [9.17, 15) is 9.18 Å². The minimum absolute atomic E-state index is 0.102. The van der Waals surface area contributed by atoms with Crippen LogP contribution in [0.1, 0.15) is 36.8 Å². The standard InChI is InChI=1S/C28H26FN5O2S/c1-3-25(35)31-21-14-13-20(17-24(21)36-2)34-27(26(32-28(34)37)22-7-4-5-15-30-22)23-8-6-16-33(23)19-11-9-18(29)10-12-19/h4-17,26-27H,3H2,1-2H3,(H,31,35)(H,32,37)/t26-,27-/m1/s1. The summed E-state index contributed by atoms with van der Waals surface area (Å²) in [5, 5.41) is 6.85. The van der Waals surface area contributed by atoms with Gasteiger partial charge in [-0.1, -0.05) is 13.0 Å². The van der Waals surface area contributed by atoms with Gasteiger partial charge in [-0.15, -0.1) is 0 Å². The molecule has 9 heteroatoms. The van der Waals surface area contributed by atoms with Gasteiger partial charge in [-0.2, -0.15) is 0 Å². The van der Waals surface area contributed by atoms with Crippen molar-refractivity contribution in [3.63, 3.8) is 0 Å². The van der Waals surface area contributed by atoms with Crippen LogP contribution < -0.4 is 20.3 Å². The Morgan fingerprint density at radius 2 is 1.89 bits per heavy atom. The van der Waals surface area contributed by atoms with Gasteiger partial charge in [-0.05, 0) is 72.9 Å². The first-order valence-electron chi connectivity index (χ1n) is 11.9. The Morgan fingerprint density at radius 3 is 2.59 bits per heavy atom. The molecule has 3 heterocycles. The highest BCUT2D eigenvalue weighted by atomic mass is 32.1. The maximum absolute atomic E-state index is 13.7. The van der Waals surface area contributed by atoms with Crippen LogP contribution in [0.4, 0.5) is 15.8 Å². The minimum atomic E-state index is -0.295. The Morgan fingerprint density at radius 1 is 1.11 bits per heavy atom. The molecule has 188 valence electrons. The van der Waals surface area contributed by atoms with E-state index in [4.69, 9.17) is 17.0 Å². The summed E-state index contributed by atoms with van der Waals surface area (Å²) < 4.78 is 21.3. The van der Waals surface area contributed by atoms with Gasteiger partial charge in [0.2, 0.25) is 5.91 Å². The molecule has 0 spiro atoms. The molecular formula is C28H26FN5O2S. The lowest BCUT2D eigenvalue weighted by atomic mass is 10.0. The van der Waals surface area contributed by atoms with Crippen LogP contribution in [0.15, 0.2) is 85.2 Å². The van der Waals surface area contributed by atoms with Gasteiger partial charge in [-0.3, -0.25) is 9.78 Å². The molecule has 7 nitrogen and oxygen atoms in total. The molecule has 5 rings (SSSR count). The number of rotatable bonds is 7. The zero-order valence-electron chi connectivity index (χ0n) is 20.4. The Hall–Kier alpha value is -4.24. The van der Waals surface area contributed by atoms with E-state index in [0.29, 0.717) is 23.0 Å². The third-order valence-corrected chi connectivity index (χ3v) is 6.66. The van der Waals surface area contributed by atoms with E-state index < -0.39 is 0 Å². The lowest BCUT2D eigenvalue weighted by Gasteiger charge is -2.29. The van der Waals surface area contributed by atoms with Gasteiger partial charge < -0.3 is 24.8 Å². The molecule has 2 N–H and O–H groups in total. The summed E-state index contributed by atoms with van der Waals surface area (Å²) in [5.41, 5.74) is 3.98. The maximum atomic E-state index is 13.7. The number of nitrogens with zero attached hydrogens (tertiary/aromatic N) is 3. The molecule has 1 saturated heterocycles. The molecule has 4 aromatic rings. The van der Waals surface area contributed by atoms with Crippen LogP contribution in [0.2, 0.25) is 0 Å². The predicted octanol–water partition coefficient (Wildman–Crippen LogP) is 5.55. The number of hydrogen-bond acceptors (Lipinski definition) is 4. The first kappa shape index (κ1) is 24.5. The van der Waals surface area contributed by atoms with Gasteiger partial charge in [0.05, 0.1) is 24.5 Å². The molecule has 1 aliphatic heterocycles. The van der Waals surface area contributed by atoms with Crippen molar-refractivity contribution in [3.8, 4) is 11.4 Å². The molecular weight excluding hydrogens is 489 g/mol. The summed E-state index contributed by atoms with van der Waals surface area (Å²) in [4.78, 5) is 18.6. The molecule has 0 saturated carbocycles. The molecule has 37 heavy (non-hydrogen) atoms. The second kappa shape index (κ2) is 10.4. The first-order chi connectivity index (χ1) is 18.0. The van der Waals surface area contributed by atoms with Crippen LogP contribution in [0.5, 0.6) is 5.75 Å². The number of thiocarbonyl (C=S) groups is 1. The number of benzene rings is 2. The van der Waals surface area contributed by atoms with E-state index >= 15 is 0 Å². The zero-order valence-corrected chi connectivity index (χ0v) is 21.2. The van der Waals surface area contributed by atoms with Gasteiger partial charge in [0.1, 0.15) is 17.6 Å². The molecule has 1 aliphatic rings. The van der Waals surface area contributed by atoms with Crippen molar-refractivity contribution < 1.29 is 13.9 Å². The number of ether oxygens (including phenoxy) is 1. The second-order valence-corrected chi connectivity index (χ2v) is 8.95. The number of carbonyl (C=O) groups excluding carboxylic acids is 1. The number of aromatic nitrogens is 2. The summed E-state index contributed by atoms with van der Waals surface area (Å²) in [6.45, 7) is 1.79. The van der Waals surface area contributed by atoms with Crippen LogP contribution in [-0.4, -0.2) is 27.7 Å². The topological polar surface area (TPSA) is 71.4 Å². The highest BCUT2D eigenvalue weighted by Gasteiger charge is 2.42. The number of pyridine rings is 1. The average molecular weight is 516 g/mol. The van der Waals surface area contributed by atoms with Crippen molar-refractivity contribution in [2.75, 3.05) is 17.3 Å². The highest BCUT2D eigenvalue weighted by Crippen LogP contribution is 2.43. The fraction of sp³-hybridized carbons (Fsp3) is 0.179. The number of amides is 1. The normalized spacial score (nSPS) is 16.9. The number of halogens is 1. The van der Waals surface area contributed by atoms with Gasteiger partial charge >= 0.3 is 0 Å². The van der Waals surface area contributed by atoms with Crippen molar-refractivity contribution in [2.45, 2.75) is 25.4 Å². The van der Waals surface area contributed by atoms with E-state index in [1.807, 2.05) is 64.2 Å². The highest BCUT2D eigenvalue weighted by molar-refractivity contribution is 7.80. The van der Waals surface area contributed by atoms with Crippen LogP contribution in [-0.2, 0) is 4.79 Å². The monoisotopic (exact) mass is 515 g/mol. The Kier molecular flexibility index (Phi) is 6.87. The average Bonchev–Trinajstić information content (AvgIpc) is 3.54. The van der Waals surface area contributed by atoms with E-state index in [2.05, 4.69) is 15.6 Å². The van der Waals surface area contributed by atoms with Crippen LogP contribution in [0, 0.1) is 5.82 Å². The maximum Gasteiger partial charge on any atom is 0.224 e. The largest absolute Gasteiger partial charge is 0.494 e. The predicted molar refractivity (Wildman–Crippen MR) is 146 cm³/mol. The minimum Gasteiger partial charge on any atom is -0.494 e. The Bertz CT molecular complexity index is 1420. The molecule has 2 aromatic heterocycles. The van der Waals surface area contributed by atoms with Crippen molar-refractivity contribution in [2.24, 2.45) is 0 Å². The summed E-state index contributed by atoms with van der Waals surface area (Å²) in [5.74, 6) is 0.127. The summed E-state index contributed by atoms with van der Waals surface area (Å²) >= 11 is 5.85. The number of nitrogens with one attached hydrogen (secondary N) is 2. The molecule has 0 radical (unpaired) electrons. The van der Waals surface area contributed by atoms with Gasteiger partial charge in [0.15, 0.2) is 5.11 Å². The molecule has 0 unspecified atom stereocenters. The summed E-state index contributed by atoms with van der Waals surface area (Å²) in [7, 11) is 1.56. The van der Waals surface area contributed by atoms with E-state index in [0.717, 1.165) is 22.8 Å². The lowest BCUT2D eigenvalue weighted by molar-refractivity contribution is -0.115. The first-order valence-corrected chi connectivity index (χ1v) is 12.3. The lowest BCUT2D eigenvalue weighted by Crippen LogP contribution is -2.30. The van der Waals surface area contributed by atoms with Crippen molar-refractivity contribution in [1.29, 1.82) is 0 Å². The molecule has 1 amide bonds. The molecule has 0 aliphatic carbocycles. The summed E-state index contributed by atoms with van der Waals surface area (Å²) in [6, 6.07) is 21.2. The smallest absolute Gasteiger partial charge is 0.224 e. The van der Waals surface area contributed by atoms with Crippen LogP contribution in [0.25, 0.3) is 5.69 Å². The number of carbonyl (C=O) groups is 1. The third-order valence-electron chi connectivity index (χ3n) is 6.34. The van der Waals surface area contributed by atoms with Crippen molar-refractivity contribution in [3.05, 3.63) is 102 Å². The van der Waals surface area contributed by atoms with E-state index in [-0.39, 0.29) is 23.8 Å². The van der Waals surface area contributed by atoms with E-state index in [1.165, 1.54) is 12.1 Å². The summed E-state index contributed by atoms with van der Waals surface area (Å²) in [6.07, 6.45) is 4.06. The SMILES string of the molecule is CCC(=O)Nc1ccc(N2C(=S)N[C@H](c3ccccn3)[C@H]2c2cccn2-c2ccc(F)cc2)cc1OC. The van der Waals surface area contributed by atoms with Crippen molar-refractivity contribution in [1.82, 2.24) is 14.9 Å². The fourth-order valence-corrected chi connectivity index (χ4v) is 4.92. The molecule has 2 atom stereocenters. The van der Waals surface area contributed by atoms with Crippen molar-refractivity contribution >= 4 is 34.6 Å².